The van der Waals surface area contributed by atoms with Crippen LogP contribution >= 0.6 is 0 Å². The number of hydrogen-bond acceptors (Lipinski definition) is 3. The molecule has 0 bridgehead atoms. The summed E-state index contributed by atoms with van der Waals surface area (Å²) in [4.78, 5) is 4.34. The topological polar surface area (TPSA) is 56.7 Å². The predicted octanol–water partition coefficient (Wildman–Crippen LogP) is -1.91. The Morgan fingerprint density at radius 3 is 2.53 bits per heavy atom. The number of benzene rings is 1. The lowest BCUT2D eigenvalue weighted by Crippen LogP contribution is -2.40. The van der Waals surface area contributed by atoms with Crippen molar-refractivity contribution in [1.82, 2.24) is 14.8 Å². The number of aromatic nitrogens is 3. The second-order valence-electron chi connectivity index (χ2n) is 5.19. The van der Waals surface area contributed by atoms with E-state index in [4.69, 9.17) is 5.73 Å². The third-order valence-electron chi connectivity index (χ3n) is 3.65. The van der Waals surface area contributed by atoms with Gasteiger partial charge in [-0.25, -0.2) is 9.67 Å². The molecule has 2 aromatic rings. The minimum Gasteiger partial charge on any atom is -0.399 e. The summed E-state index contributed by atoms with van der Waals surface area (Å²) in [6, 6.07) is 4.19. The van der Waals surface area contributed by atoms with Gasteiger partial charge >= 0.3 is 0 Å². The van der Waals surface area contributed by atoms with Crippen LogP contribution < -0.4 is 11.2 Å². The maximum absolute atomic E-state index is 6.20. The fraction of sp³-hybridized carbons (Fsp3) is 0.273. The van der Waals surface area contributed by atoms with E-state index in [2.05, 4.69) is 38.5 Å². The standard InChI is InChI=1S/C11H18B4N4/c1-6-4-9(15(13)14-12)10(16)5-11(6)19-8(3)17-7(2)18-19/h4-5,14H,12-13,16H2,1-3H3. The lowest BCUT2D eigenvalue weighted by Gasteiger charge is -2.15. The van der Waals surface area contributed by atoms with E-state index in [0.29, 0.717) is 6.49 Å². The van der Waals surface area contributed by atoms with Crippen molar-refractivity contribution in [2.45, 2.75) is 20.8 Å². The Morgan fingerprint density at radius 1 is 1.32 bits per heavy atom. The molecule has 2 rings (SSSR count). The lowest BCUT2D eigenvalue weighted by atomic mass is 9.03. The van der Waals surface area contributed by atoms with Gasteiger partial charge in [0, 0.05) is 5.69 Å². The largest absolute Gasteiger partial charge is 0.399 e. The molecule has 0 saturated heterocycles. The van der Waals surface area contributed by atoms with Crippen LogP contribution in [0, 0.1) is 20.8 Å². The summed E-state index contributed by atoms with van der Waals surface area (Å²) in [5, 5.41) is 4.43. The van der Waals surface area contributed by atoms with E-state index in [-0.39, 0.29) is 0 Å². The van der Waals surface area contributed by atoms with Gasteiger partial charge in [0.1, 0.15) is 11.6 Å². The highest BCUT2D eigenvalue weighted by Gasteiger charge is 2.15. The van der Waals surface area contributed by atoms with Crippen molar-refractivity contribution in [2.24, 2.45) is 0 Å². The molecule has 1 aromatic carbocycles. The molecule has 0 fully saturated rings. The Bertz CT molecular complexity index is 611. The van der Waals surface area contributed by atoms with Crippen molar-refractivity contribution in [2.75, 3.05) is 5.73 Å². The molecule has 0 atom stereocenters. The molecular weight excluding hydrogens is 231 g/mol. The van der Waals surface area contributed by atoms with E-state index in [1.54, 1.807) is 0 Å². The monoisotopic (exact) mass is 250 g/mol. The van der Waals surface area contributed by atoms with Gasteiger partial charge in [0.2, 0.25) is 0 Å². The van der Waals surface area contributed by atoms with Gasteiger partial charge in [0.05, 0.1) is 34.7 Å². The second-order valence-corrected chi connectivity index (χ2v) is 5.19. The normalized spacial score (nSPS) is 10.5. The average molecular weight is 250 g/mol. The quantitative estimate of drug-likeness (QED) is 0.510. The van der Waals surface area contributed by atoms with Crippen molar-refractivity contribution < 1.29 is 0 Å². The molecule has 0 aliphatic rings. The van der Waals surface area contributed by atoms with Gasteiger partial charge in [-0.05, 0) is 32.4 Å². The number of nitrogens with two attached hydrogens (primary N) is 1. The maximum Gasteiger partial charge on any atom is 0.148 e. The molecule has 0 radical (unpaired) electrons. The summed E-state index contributed by atoms with van der Waals surface area (Å²) < 4.78 is 1.86. The number of anilines is 1. The molecular formula is C11H18B4N4. The first-order valence-electron chi connectivity index (χ1n) is 6.74. The second kappa shape index (κ2) is 5.19. The van der Waals surface area contributed by atoms with Crippen molar-refractivity contribution in [3.8, 4) is 5.69 Å². The zero-order chi connectivity index (χ0) is 14.2. The fourth-order valence-electron chi connectivity index (χ4n) is 2.36. The van der Waals surface area contributed by atoms with Gasteiger partial charge in [-0.3, -0.25) is 0 Å². The van der Waals surface area contributed by atoms with Crippen LogP contribution in [0.15, 0.2) is 12.1 Å². The first-order chi connectivity index (χ1) is 8.93. The highest BCUT2D eigenvalue weighted by Crippen LogP contribution is 2.17. The van der Waals surface area contributed by atoms with Crippen molar-refractivity contribution >= 4 is 40.2 Å². The van der Waals surface area contributed by atoms with Gasteiger partial charge in [0.15, 0.2) is 0 Å². The van der Waals surface area contributed by atoms with Crippen molar-refractivity contribution in [1.29, 1.82) is 0 Å². The number of hydrogen-bond donors (Lipinski definition) is 1. The first-order valence-corrected chi connectivity index (χ1v) is 6.74. The van der Waals surface area contributed by atoms with E-state index in [0.717, 1.165) is 30.1 Å². The van der Waals surface area contributed by atoms with Crippen LogP contribution in [0.4, 0.5) is 5.69 Å². The Labute approximate surface area is 117 Å². The Kier molecular flexibility index (Phi) is 3.78. The van der Waals surface area contributed by atoms with Gasteiger partial charge in [-0.15, -0.1) is 0 Å². The summed E-state index contributed by atoms with van der Waals surface area (Å²) in [7, 11) is 5.47. The smallest absolute Gasteiger partial charge is 0.148 e. The number of nitrogens with zero attached hydrogens (tertiary/aromatic N) is 3. The van der Waals surface area contributed by atoms with Crippen molar-refractivity contribution in [3.63, 3.8) is 0 Å². The van der Waals surface area contributed by atoms with E-state index < -0.39 is 0 Å². The molecule has 0 unspecified atom stereocenters. The summed E-state index contributed by atoms with van der Waals surface area (Å²) in [6.45, 7) is 6.43. The van der Waals surface area contributed by atoms with Gasteiger partial charge in [0.25, 0.3) is 0 Å². The zero-order valence-electron chi connectivity index (χ0n) is 12.4. The molecule has 19 heavy (non-hydrogen) atoms. The van der Waals surface area contributed by atoms with Crippen molar-refractivity contribution in [3.05, 3.63) is 29.3 Å². The summed E-state index contributed by atoms with van der Waals surface area (Å²) in [5.41, 5.74) is 10.5. The van der Waals surface area contributed by atoms with Crippen LogP contribution in [0.5, 0.6) is 0 Å². The molecule has 0 saturated carbocycles. The molecule has 1 heterocycles. The zero-order valence-corrected chi connectivity index (χ0v) is 12.4. The minimum absolute atomic E-state index is 0.478. The number of rotatable bonds is 3. The maximum atomic E-state index is 6.20. The highest BCUT2D eigenvalue weighted by atomic mass is 15.3. The fourth-order valence-corrected chi connectivity index (χ4v) is 2.36. The van der Waals surface area contributed by atoms with Crippen LogP contribution in [-0.4, -0.2) is 43.8 Å². The SMILES string of the molecule is BBB(B)c1cc(C)c(-n2nc(C)nc2C)cc1N. The van der Waals surface area contributed by atoms with Gasteiger partial charge in [-0.1, -0.05) is 11.5 Å². The Morgan fingerprint density at radius 2 is 2.00 bits per heavy atom. The third-order valence-corrected chi connectivity index (χ3v) is 3.65. The number of aryl methyl sites for hydroxylation is 3. The van der Waals surface area contributed by atoms with Crippen LogP contribution in [0.2, 0.25) is 0 Å². The lowest BCUT2D eigenvalue weighted by molar-refractivity contribution is 0.826. The summed E-state index contributed by atoms with van der Waals surface area (Å²) in [6.07, 6.45) is 0. The third kappa shape index (κ3) is 2.57. The molecule has 94 valence electrons. The van der Waals surface area contributed by atoms with E-state index in [9.17, 15) is 0 Å². The molecule has 0 spiro atoms. The molecule has 8 heteroatoms. The first kappa shape index (κ1) is 13.8. The molecule has 0 amide bonds. The average Bonchev–Trinajstić information content (AvgIpc) is 2.69. The number of nitrogen functional groups attached to an aromatic ring is 1. The van der Waals surface area contributed by atoms with E-state index >= 15 is 0 Å². The summed E-state index contributed by atoms with van der Waals surface area (Å²) >= 11 is 0. The molecule has 0 aliphatic carbocycles. The van der Waals surface area contributed by atoms with Crippen LogP contribution in [0.1, 0.15) is 17.2 Å². The van der Waals surface area contributed by atoms with Crippen LogP contribution in [-0.2, 0) is 0 Å². The molecule has 0 aliphatic heterocycles. The Balaban J connectivity index is 2.55. The van der Waals surface area contributed by atoms with Gasteiger partial charge in [-0.2, -0.15) is 5.10 Å². The molecule has 2 N–H and O–H groups in total. The van der Waals surface area contributed by atoms with Crippen LogP contribution in [0.3, 0.4) is 0 Å². The van der Waals surface area contributed by atoms with Gasteiger partial charge < -0.3 is 5.73 Å². The van der Waals surface area contributed by atoms with Crippen LogP contribution in [0.25, 0.3) is 5.69 Å². The molecule has 1 aromatic heterocycles. The van der Waals surface area contributed by atoms with E-state index in [1.165, 1.54) is 11.0 Å². The van der Waals surface area contributed by atoms with E-state index in [1.807, 2.05) is 24.6 Å². The molecule has 4 nitrogen and oxygen atoms in total. The summed E-state index contributed by atoms with van der Waals surface area (Å²) in [5.74, 6) is 1.66. The predicted molar refractivity (Wildman–Crippen MR) is 89.6 cm³/mol. The highest BCUT2D eigenvalue weighted by molar-refractivity contribution is 7.50. The Hall–Kier alpha value is -1.58. The minimum atomic E-state index is 0.478.